The Bertz CT molecular complexity index is 462. The number of carbonyl (C=O) groups is 1. The van der Waals surface area contributed by atoms with E-state index >= 15 is 0 Å². The minimum Gasteiger partial charge on any atom is -0.341 e. The molecule has 1 aromatic carbocycles. The van der Waals surface area contributed by atoms with E-state index in [9.17, 15) is 4.79 Å². The third kappa shape index (κ3) is 3.83. The number of benzene rings is 1. The van der Waals surface area contributed by atoms with Crippen LogP contribution in [-0.4, -0.2) is 37.0 Å². The van der Waals surface area contributed by atoms with Crippen molar-refractivity contribution in [3.63, 3.8) is 0 Å². The van der Waals surface area contributed by atoms with Gasteiger partial charge >= 0.3 is 0 Å². The Balaban J connectivity index is 1.99. The molecule has 3 heteroatoms. The number of aryl methyl sites for hydroxylation is 2. The first-order valence-electron chi connectivity index (χ1n) is 7.63. The molecule has 0 aromatic heterocycles. The average molecular weight is 274 g/mol. The van der Waals surface area contributed by atoms with Crippen LogP contribution in [0.15, 0.2) is 18.2 Å². The van der Waals surface area contributed by atoms with Crippen LogP contribution < -0.4 is 5.32 Å². The molecular weight excluding hydrogens is 248 g/mol. The molecule has 1 unspecified atom stereocenters. The monoisotopic (exact) mass is 274 g/mol. The molecule has 1 fully saturated rings. The maximum Gasteiger partial charge on any atom is 0.223 e. The van der Waals surface area contributed by atoms with Gasteiger partial charge in [0.15, 0.2) is 0 Å². The summed E-state index contributed by atoms with van der Waals surface area (Å²) in [6.45, 7) is 10.1. The highest BCUT2D eigenvalue weighted by Crippen LogP contribution is 2.24. The number of nitrogens with one attached hydrogen (secondary N) is 1. The minimum atomic E-state index is 0.291. The van der Waals surface area contributed by atoms with Crippen LogP contribution >= 0.6 is 0 Å². The van der Waals surface area contributed by atoms with E-state index < -0.39 is 0 Å². The van der Waals surface area contributed by atoms with Crippen LogP contribution in [0.25, 0.3) is 0 Å². The smallest absolute Gasteiger partial charge is 0.223 e. The van der Waals surface area contributed by atoms with Gasteiger partial charge in [-0.2, -0.15) is 0 Å². The summed E-state index contributed by atoms with van der Waals surface area (Å²) >= 11 is 0. The zero-order valence-electron chi connectivity index (χ0n) is 12.9. The van der Waals surface area contributed by atoms with E-state index in [2.05, 4.69) is 44.3 Å². The molecule has 0 aliphatic carbocycles. The molecule has 0 bridgehead atoms. The largest absolute Gasteiger partial charge is 0.341 e. The Kier molecular flexibility index (Phi) is 5.18. The molecule has 0 spiro atoms. The van der Waals surface area contributed by atoms with E-state index in [1.807, 2.05) is 4.90 Å². The third-order valence-corrected chi connectivity index (χ3v) is 4.13. The summed E-state index contributed by atoms with van der Waals surface area (Å²) in [7, 11) is 0. The predicted octanol–water partition coefficient (Wildman–Crippen LogP) is 2.62. The number of nitrogens with zero attached hydrogens (tertiary/aromatic N) is 1. The Morgan fingerprint density at radius 1 is 1.30 bits per heavy atom. The van der Waals surface area contributed by atoms with E-state index in [0.717, 1.165) is 32.6 Å². The molecule has 1 heterocycles. The van der Waals surface area contributed by atoms with Crippen molar-refractivity contribution in [2.75, 3.05) is 26.2 Å². The fourth-order valence-corrected chi connectivity index (χ4v) is 2.97. The van der Waals surface area contributed by atoms with Crippen LogP contribution in [0.4, 0.5) is 0 Å². The summed E-state index contributed by atoms with van der Waals surface area (Å²) in [5, 5.41) is 3.34. The molecule has 2 rings (SSSR count). The van der Waals surface area contributed by atoms with Crippen LogP contribution in [0, 0.1) is 13.8 Å². The minimum absolute atomic E-state index is 0.291. The van der Waals surface area contributed by atoms with Gasteiger partial charge in [-0.3, -0.25) is 4.79 Å². The second-order valence-electron chi connectivity index (χ2n) is 5.95. The van der Waals surface area contributed by atoms with Crippen molar-refractivity contribution in [3.8, 4) is 0 Å². The summed E-state index contributed by atoms with van der Waals surface area (Å²) in [6, 6.07) is 6.51. The topological polar surface area (TPSA) is 32.3 Å². The summed E-state index contributed by atoms with van der Waals surface area (Å²) in [5.41, 5.74) is 3.88. The quantitative estimate of drug-likeness (QED) is 0.919. The number of amides is 1. The lowest BCUT2D eigenvalue weighted by Gasteiger charge is -2.23. The van der Waals surface area contributed by atoms with Crippen molar-refractivity contribution in [2.24, 2.45) is 0 Å². The summed E-state index contributed by atoms with van der Waals surface area (Å²) < 4.78 is 0. The molecule has 1 atom stereocenters. The SMILES string of the molecule is Cc1ccc(C(C)CC(=O)N2CCCNCC2)c(C)c1. The first-order chi connectivity index (χ1) is 9.58. The standard InChI is InChI=1S/C17H26N2O/c1-13-5-6-16(14(2)11-13)15(3)12-17(20)19-9-4-7-18-8-10-19/h5-6,11,15,18H,4,7-10,12H2,1-3H3. The van der Waals surface area contributed by atoms with Gasteiger partial charge in [0.25, 0.3) is 0 Å². The van der Waals surface area contributed by atoms with Gasteiger partial charge in [0.2, 0.25) is 5.91 Å². The van der Waals surface area contributed by atoms with Gasteiger partial charge in [0, 0.05) is 26.1 Å². The first kappa shape index (κ1) is 15.0. The van der Waals surface area contributed by atoms with E-state index in [1.165, 1.54) is 16.7 Å². The zero-order chi connectivity index (χ0) is 14.5. The van der Waals surface area contributed by atoms with Crippen molar-refractivity contribution in [3.05, 3.63) is 34.9 Å². The molecule has 1 N–H and O–H groups in total. The number of hydrogen-bond donors (Lipinski definition) is 1. The Labute approximate surface area is 122 Å². The lowest BCUT2D eigenvalue weighted by Crippen LogP contribution is -2.34. The van der Waals surface area contributed by atoms with Gasteiger partial charge in [-0.1, -0.05) is 30.7 Å². The molecule has 1 aliphatic heterocycles. The average Bonchev–Trinajstić information content (AvgIpc) is 2.67. The highest BCUT2D eigenvalue weighted by molar-refractivity contribution is 5.77. The summed E-state index contributed by atoms with van der Waals surface area (Å²) in [4.78, 5) is 14.4. The molecule has 3 nitrogen and oxygen atoms in total. The van der Waals surface area contributed by atoms with Crippen molar-refractivity contribution >= 4 is 5.91 Å². The number of rotatable bonds is 3. The Morgan fingerprint density at radius 2 is 2.10 bits per heavy atom. The molecule has 1 amide bonds. The van der Waals surface area contributed by atoms with Crippen LogP contribution in [-0.2, 0) is 4.79 Å². The molecule has 20 heavy (non-hydrogen) atoms. The second-order valence-corrected chi connectivity index (χ2v) is 5.95. The van der Waals surface area contributed by atoms with Crippen LogP contribution in [0.5, 0.6) is 0 Å². The maximum atomic E-state index is 12.4. The van der Waals surface area contributed by atoms with E-state index in [4.69, 9.17) is 0 Å². The first-order valence-corrected chi connectivity index (χ1v) is 7.63. The van der Waals surface area contributed by atoms with Gasteiger partial charge in [-0.25, -0.2) is 0 Å². The molecule has 0 saturated carbocycles. The summed E-state index contributed by atoms with van der Waals surface area (Å²) in [5.74, 6) is 0.584. The normalized spacial score (nSPS) is 17.6. The Hall–Kier alpha value is -1.35. The van der Waals surface area contributed by atoms with Crippen LogP contribution in [0.3, 0.4) is 0 Å². The lowest BCUT2D eigenvalue weighted by molar-refractivity contribution is -0.131. The van der Waals surface area contributed by atoms with Gasteiger partial charge in [-0.15, -0.1) is 0 Å². The fourth-order valence-electron chi connectivity index (χ4n) is 2.97. The highest BCUT2D eigenvalue weighted by atomic mass is 16.2. The fraction of sp³-hybridized carbons (Fsp3) is 0.588. The third-order valence-electron chi connectivity index (χ3n) is 4.13. The number of hydrogen-bond acceptors (Lipinski definition) is 2. The van der Waals surface area contributed by atoms with E-state index in [-0.39, 0.29) is 0 Å². The molecule has 110 valence electrons. The van der Waals surface area contributed by atoms with Crippen molar-refractivity contribution < 1.29 is 4.79 Å². The van der Waals surface area contributed by atoms with Gasteiger partial charge in [-0.05, 0) is 43.9 Å². The van der Waals surface area contributed by atoms with Crippen molar-refractivity contribution in [1.82, 2.24) is 10.2 Å². The van der Waals surface area contributed by atoms with E-state index in [0.29, 0.717) is 18.2 Å². The van der Waals surface area contributed by atoms with Gasteiger partial charge in [0.05, 0.1) is 0 Å². The van der Waals surface area contributed by atoms with Crippen LogP contribution in [0.1, 0.15) is 42.4 Å². The Morgan fingerprint density at radius 3 is 2.85 bits per heavy atom. The molecule has 1 aliphatic rings. The van der Waals surface area contributed by atoms with Gasteiger partial charge in [0.1, 0.15) is 0 Å². The lowest BCUT2D eigenvalue weighted by atomic mass is 9.92. The van der Waals surface area contributed by atoms with Crippen molar-refractivity contribution in [1.29, 1.82) is 0 Å². The predicted molar refractivity (Wildman–Crippen MR) is 83.0 cm³/mol. The number of carbonyl (C=O) groups excluding carboxylic acids is 1. The molecule has 0 radical (unpaired) electrons. The summed E-state index contributed by atoms with van der Waals surface area (Å²) in [6.07, 6.45) is 1.67. The molecule has 1 aromatic rings. The van der Waals surface area contributed by atoms with E-state index in [1.54, 1.807) is 0 Å². The zero-order valence-corrected chi connectivity index (χ0v) is 12.9. The van der Waals surface area contributed by atoms with Crippen molar-refractivity contribution in [2.45, 2.75) is 39.5 Å². The highest BCUT2D eigenvalue weighted by Gasteiger charge is 2.19. The second kappa shape index (κ2) is 6.89. The molecule has 1 saturated heterocycles. The molecular formula is C17H26N2O. The van der Waals surface area contributed by atoms with Gasteiger partial charge < -0.3 is 10.2 Å². The van der Waals surface area contributed by atoms with Crippen LogP contribution in [0.2, 0.25) is 0 Å². The maximum absolute atomic E-state index is 12.4.